The Hall–Kier alpha value is -2.15. The van der Waals surface area contributed by atoms with Crippen molar-refractivity contribution in [3.63, 3.8) is 0 Å². The number of fused-ring (bicyclic) bond motifs is 1. The highest BCUT2D eigenvalue weighted by molar-refractivity contribution is 5.97. The van der Waals surface area contributed by atoms with Crippen LogP contribution in [0.5, 0.6) is 5.75 Å². The van der Waals surface area contributed by atoms with Crippen LogP contribution in [0.4, 0.5) is 4.39 Å². The van der Waals surface area contributed by atoms with E-state index in [1.807, 2.05) is 4.90 Å². The van der Waals surface area contributed by atoms with Crippen molar-refractivity contribution in [3.05, 3.63) is 29.6 Å². The molecular formula is C18H24FN3O3. The molecular weight excluding hydrogens is 325 g/mol. The minimum atomic E-state index is -0.462. The van der Waals surface area contributed by atoms with Crippen LogP contribution < -0.4 is 10.5 Å². The third-order valence-corrected chi connectivity index (χ3v) is 5.19. The number of nitrogens with zero attached hydrogens (tertiary/aromatic N) is 2. The quantitative estimate of drug-likeness (QED) is 0.888. The first-order chi connectivity index (χ1) is 12.0. The standard InChI is InChI=1S/C18H24FN3O3/c1-25-16-4-3-13(19)10-14(16)18(24)21-8-6-15-12(11-21)2-5-17(23)22(15)9-7-20/h3-4,10,12,15H,2,5-9,11,20H2,1H3/t12-,15+/m0/s1. The number of methoxy groups -OCH3 is 1. The van der Waals surface area contributed by atoms with E-state index in [-0.39, 0.29) is 29.3 Å². The zero-order valence-corrected chi connectivity index (χ0v) is 14.4. The van der Waals surface area contributed by atoms with Crippen molar-refractivity contribution in [1.82, 2.24) is 9.80 Å². The van der Waals surface area contributed by atoms with Crippen molar-refractivity contribution in [2.45, 2.75) is 25.3 Å². The number of halogens is 1. The van der Waals surface area contributed by atoms with Crippen molar-refractivity contribution in [2.24, 2.45) is 11.7 Å². The van der Waals surface area contributed by atoms with Crippen LogP contribution in [0.2, 0.25) is 0 Å². The fourth-order valence-corrected chi connectivity index (χ4v) is 3.98. The molecule has 0 aromatic heterocycles. The Kier molecular flexibility index (Phi) is 5.22. The molecule has 2 fully saturated rings. The monoisotopic (exact) mass is 349 g/mol. The fraction of sp³-hybridized carbons (Fsp3) is 0.556. The summed E-state index contributed by atoms with van der Waals surface area (Å²) in [5, 5.41) is 0. The minimum absolute atomic E-state index is 0.142. The van der Waals surface area contributed by atoms with Gasteiger partial charge in [-0.25, -0.2) is 4.39 Å². The van der Waals surface area contributed by atoms with Crippen LogP contribution in [0.15, 0.2) is 18.2 Å². The molecule has 0 radical (unpaired) electrons. The first-order valence-corrected chi connectivity index (χ1v) is 8.67. The Labute approximate surface area is 146 Å². The number of carbonyl (C=O) groups excluding carboxylic acids is 2. The maximum Gasteiger partial charge on any atom is 0.257 e. The summed E-state index contributed by atoms with van der Waals surface area (Å²) in [7, 11) is 1.47. The van der Waals surface area contributed by atoms with E-state index < -0.39 is 5.82 Å². The van der Waals surface area contributed by atoms with Gasteiger partial charge in [0.05, 0.1) is 12.7 Å². The van der Waals surface area contributed by atoms with Gasteiger partial charge in [-0.3, -0.25) is 9.59 Å². The molecule has 0 aliphatic carbocycles. The Morgan fingerprint density at radius 2 is 2.20 bits per heavy atom. The minimum Gasteiger partial charge on any atom is -0.496 e. The third kappa shape index (κ3) is 3.46. The number of benzene rings is 1. The average molecular weight is 349 g/mol. The number of rotatable bonds is 4. The van der Waals surface area contributed by atoms with Gasteiger partial charge in [0.2, 0.25) is 5.91 Å². The molecule has 2 saturated heterocycles. The summed E-state index contributed by atoms with van der Waals surface area (Å²) in [6.07, 6.45) is 1.99. The lowest BCUT2D eigenvalue weighted by molar-refractivity contribution is -0.140. The zero-order valence-electron chi connectivity index (χ0n) is 14.4. The second kappa shape index (κ2) is 7.39. The fourth-order valence-electron chi connectivity index (χ4n) is 3.98. The molecule has 2 atom stereocenters. The zero-order chi connectivity index (χ0) is 18.0. The van der Waals surface area contributed by atoms with E-state index in [1.54, 1.807) is 4.90 Å². The highest BCUT2D eigenvalue weighted by Crippen LogP contribution is 2.32. The molecule has 136 valence electrons. The van der Waals surface area contributed by atoms with E-state index in [9.17, 15) is 14.0 Å². The van der Waals surface area contributed by atoms with Crippen LogP contribution >= 0.6 is 0 Å². The summed E-state index contributed by atoms with van der Waals surface area (Å²) in [6.45, 7) is 2.11. The largest absolute Gasteiger partial charge is 0.496 e. The van der Waals surface area contributed by atoms with Gasteiger partial charge in [-0.1, -0.05) is 0 Å². The van der Waals surface area contributed by atoms with Crippen LogP contribution in [-0.4, -0.2) is 60.9 Å². The Bertz CT molecular complexity index is 667. The van der Waals surface area contributed by atoms with E-state index in [2.05, 4.69) is 0 Å². The van der Waals surface area contributed by atoms with Crippen molar-refractivity contribution in [1.29, 1.82) is 0 Å². The first kappa shape index (κ1) is 17.7. The number of hydrogen-bond acceptors (Lipinski definition) is 4. The second-order valence-corrected chi connectivity index (χ2v) is 6.63. The van der Waals surface area contributed by atoms with Crippen molar-refractivity contribution in [3.8, 4) is 5.75 Å². The van der Waals surface area contributed by atoms with Gasteiger partial charge in [0.1, 0.15) is 11.6 Å². The Morgan fingerprint density at radius 1 is 1.40 bits per heavy atom. The SMILES string of the molecule is COc1ccc(F)cc1C(=O)N1CC[C@@H]2[C@@H](CCC(=O)N2CCN)C1. The topological polar surface area (TPSA) is 75.9 Å². The lowest BCUT2D eigenvalue weighted by Crippen LogP contribution is -2.57. The predicted molar refractivity (Wildman–Crippen MR) is 90.8 cm³/mol. The van der Waals surface area contributed by atoms with Gasteiger partial charge in [0, 0.05) is 38.6 Å². The molecule has 2 aliphatic heterocycles. The van der Waals surface area contributed by atoms with Crippen LogP contribution in [0.3, 0.4) is 0 Å². The second-order valence-electron chi connectivity index (χ2n) is 6.63. The smallest absolute Gasteiger partial charge is 0.257 e. The van der Waals surface area contributed by atoms with Gasteiger partial charge in [0.25, 0.3) is 5.91 Å². The average Bonchev–Trinajstić information content (AvgIpc) is 2.63. The van der Waals surface area contributed by atoms with Gasteiger partial charge in [0.15, 0.2) is 0 Å². The molecule has 0 unspecified atom stereocenters. The number of amides is 2. The molecule has 25 heavy (non-hydrogen) atoms. The molecule has 2 N–H and O–H groups in total. The lowest BCUT2D eigenvalue weighted by atomic mass is 9.83. The molecule has 6 nitrogen and oxygen atoms in total. The molecule has 7 heteroatoms. The summed E-state index contributed by atoms with van der Waals surface area (Å²) in [6, 6.07) is 4.11. The van der Waals surface area contributed by atoms with Crippen LogP contribution in [0, 0.1) is 11.7 Å². The third-order valence-electron chi connectivity index (χ3n) is 5.19. The summed E-state index contributed by atoms with van der Waals surface area (Å²) in [5.74, 6) is 0.0744. The summed E-state index contributed by atoms with van der Waals surface area (Å²) >= 11 is 0. The Morgan fingerprint density at radius 3 is 2.92 bits per heavy atom. The molecule has 2 amide bonds. The maximum absolute atomic E-state index is 13.6. The summed E-state index contributed by atoms with van der Waals surface area (Å²) < 4.78 is 18.8. The van der Waals surface area contributed by atoms with E-state index in [0.717, 1.165) is 12.8 Å². The number of carbonyl (C=O) groups is 2. The van der Waals surface area contributed by atoms with Crippen molar-refractivity contribution < 1.29 is 18.7 Å². The van der Waals surface area contributed by atoms with E-state index in [1.165, 1.54) is 25.3 Å². The summed E-state index contributed by atoms with van der Waals surface area (Å²) in [5.41, 5.74) is 5.88. The van der Waals surface area contributed by atoms with E-state index in [4.69, 9.17) is 10.5 Å². The predicted octanol–water partition coefficient (Wildman–Crippen LogP) is 1.25. The van der Waals surface area contributed by atoms with Crippen LogP contribution in [0.25, 0.3) is 0 Å². The molecule has 3 rings (SSSR count). The Balaban J connectivity index is 1.76. The first-order valence-electron chi connectivity index (χ1n) is 8.67. The molecule has 1 aromatic rings. The molecule has 0 spiro atoms. The van der Waals surface area contributed by atoms with Crippen molar-refractivity contribution >= 4 is 11.8 Å². The molecule has 2 heterocycles. The molecule has 0 bridgehead atoms. The van der Waals surface area contributed by atoms with Gasteiger partial charge < -0.3 is 20.3 Å². The van der Waals surface area contributed by atoms with Gasteiger partial charge in [-0.05, 0) is 37.0 Å². The molecule has 0 saturated carbocycles. The van der Waals surface area contributed by atoms with E-state index >= 15 is 0 Å². The summed E-state index contributed by atoms with van der Waals surface area (Å²) in [4.78, 5) is 28.6. The van der Waals surface area contributed by atoms with Crippen LogP contribution in [-0.2, 0) is 4.79 Å². The van der Waals surface area contributed by atoms with Crippen LogP contribution in [0.1, 0.15) is 29.6 Å². The van der Waals surface area contributed by atoms with Gasteiger partial charge in [-0.2, -0.15) is 0 Å². The van der Waals surface area contributed by atoms with Gasteiger partial charge >= 0.3 is 0 Å². The highest BCUT2D eigenvalue weighted by atomic mass is 19.1. The maximum atomic E-state index is 13.6. The van der Waals surface area contributed by atoms with Crippen molar-refractivity contribution in [2.75, 3.05) is 33.3 Å². The number of piperidine rings is 2. The number of hydrogen-bond donors (Lipinski definition) is 1. The number of ether oxygens (including phenoxy) is 1. The molecule has 2 aliphatic rings. The number of nitrogens with two attached hydrogens (primary N) is 1. The molecule has 1 aromatic carbocycles. The van der Waals surface area contributed by atoms with E-state index in [0.29, 0.717) is 38.3 Å². The number of likely N-dealkylation sites (tertiary alicyclic amines) is 2. The normalized spacial score (nSPS) is 23.4. The lowest BCUT2D eigenvalue weighted by Gasteiger charge is -2.47. The van der Waals surface area contributed by atoms with Gasteiger partial charge in [-0.15, -0.1) is 0 Å². The highest BCUT2D eigenvalue weighted by Gasteiger charge is 2.40.